The van der Waals surface area contributed by atoms with Crippen LogP contribution in [-0.2, 0) is 11.2 Å². The van der Waals surface area contributed by atoms with Crippen LogP contribution in [0.3, 0.4) is 0 Å². The number of aryl methyl sites for hydroxylation is 1. The number of unbranched alkanes of at least 4 members (excludes halogenated alkanes) is 1. The summed E-state index contributed by atoms with van der Waals surface area (Å²) in [5, 5.41) is 8.40. The van der Waals surface area contributed by atoms with Crippen molar-refractivity contribution in [1.82, 2.24) is 9.97 Å². The van der Waals surface area contributed by atoms with Crippen LogP contribution in [0.25, 0.3) is 6.08 Å². The maximum absolute atomic E-state index is 10.2. The molecular weight excluding hydrogens is 180 g/mol. The van der Waals surface area contributed by atoms with Gasteiger partial charge in [-0.05, 0) is 12.5 Å². The van der Waals surface area contributed by atoms with Crippen molar-refractivity contribution in [3.63, 3.8) is 0 Å². The maximum atomic E-state index is 10.2. The minimum absolute atomic E-state index is 0.735. The van der Waals surface area contributed by atoms with E-state index in [1.54, 1.807) is 6.20 Å². The molecule has 1 aromatic rings. The predicted octanol–water partition coefficient (Wildman–Crippen LogP) is 1.85. The number of H-pyrrole nitrogens is 1. The molecule has 0 bridgehead atoms. The number of nitrogens with one attached hydrogen (secondary N) is 1. The molecule has 4 nitrogen and oxygen atoms in total. The number of rotatable bonds is 5. The Labute approximate surface area is 82.7 Å². The lowest BCUT2D eigenvalue weighted by atomic mass is 10.2. The Morgan fingerprint density at radius 2 is 2.50 bits per heavy atom. The van der Waals surface area contributed by atoms with Gasteiger partial charge in [0.25, 0.3) is 0 Å². The number of imidazole rings is 1. The van der Waals surface area contributed by atoms with Crippen LogP contribution in [0.2, 0.25) is 0 Å². The molecule has 76 valence electrons. The SMILES string of the molecule is CCCCc1ncc(C=CC(=O)O)[nH]1. The van der Waals surface area contributed by atoms with Gasteiger partial charge in [0.2, 0.25) is 0 Å². The smallest absolute Gasteiger partial charge is 0.328 e. The third-order valence-corrected chi connectivity index (χ3v) is 1.82. The Balaban J connectivity index is 2.54. The Bertz CT molecular complexity index is 329. The van der Waals surface area contributed by atoms with Crippen molar-refractivity contribution in [1.29, 1.82) is 0 Å². The molecule has 0 fully saturated rings. The first-order valence-electron chi connectivity index (χ1n) is 4.67. The van der Waals surface area contributed by atoms with E-state index in [-0.39, 0.29) is 0 Å². The second kappa shape index (κ2) is 5.21. The zero-order chi connectivity index (χ0) is 10.4. The number of carboxylic acid groups (broad SMARTS) is 1. The zero-order valence-corrected chi connectivity index (χ0v) is 8.16. The average Bonchev–Trinajstić information content (AvgIpc) is 2.59. The van der Waals surface area contributed by atoms with Gasteiger partial charge >= 0.3 is 5.97 Å². The van der Waals surface area contributed by atoms with E-state index >= 15 is 0 Å². The highest BCUT2D eigenvalue weighted by atomic mass is 16.4. The van der Waals surface area contributed by atoms with Crippen LogP contribution >= 0.6 is 0 Å². The summed E-state index contributed by atoms with van der Waals surface area (Å²) < 4.78 is 0. The molecule has 0 amide bonds. The summed E-state index contributed by atoms with van der Waals surface area (Å²) in [6.07, 6.45) is 7.38. The second-order valence-electron chi connectivity index (χ2n) is 3.06. The summed E-state index contributed by atoms with van der Waals surface area (Å²) in [5.41, 5.74) is 0.735. The third kappa shape index (κ3) is 3.43. The molecule has 1 aromatic heterocycles. The van der Waals surface area contributed by atoms with Crippen LogP contribution in [0, 0.1) is 0 Å². The van der Waals surface area contributed by atoms with Crippen LogP contribution in [0.4, 0.5) is 0 Å². The van der Waals surface area contributed by atoms with Gasteiger partial charge in [0, 0.05) is 12.5 Å². The van der Waals surface area contributed by atoms with E-state index in [2.05, 4.69) is 16.9 Å². The molecule has 0 aromatic carbocycles. The summed E-state index contributed by atoms with van der Waals surface area (Å²) in [4.78, 5) is 17.4. The first kappa shape index (κ1) is 10.5. The maximum Gasteiger partial charge on any atom is 0.328 e. The van der Waals surface area contributed by atoms with Crippen LogP contribution in [0.1, 0.15) is 31.3 Å². The van der Waals surface area contributed by atoms with Crippen LogP contribution in [-0.4, -0.2) is 21.0 Å². The Morgan fingerprint density at radius 1 is 1.71 bits per heavy atom. The van der Waals surface area contributed by atoms with Crippen LogP contribution in [0.15, 0.2) is 12.3 Å². The Morgan fingerprint density at radius 3 is 3.14 bits per heavy atom. The van der Waals surface area contributed by atoms with Gasteiger partial charge in [-0.2, -0.15) is 0 Å². The fourth-order valence-corrected chi connectivity index (χ4v) is 1.10. The Hall–Kier alpha value is -1.58. The standard InChI is InChI=1S/C10H14N2O2/c1-2-3-4-9-11-7-8(12-9)5-6-10(13)14/h5-7H,2-4H2,1H3,(H,11,12)(H,13,14). The predicted molar refractivity (Wildman–Crippen MR) is 53.9 cm³/mol. The molecule has 0 aliphatic rings. The van der Waals surface area contributed by atoms with Crippen molar-refractivity contribution in [2.24, 2.45) is 0 Å². The normalized spacial score (nSPS) is 10.9. The van der Waals surface area contributed by atoms with Gasteiger partial charge in [-0.1, -0.05) is 13.3 Å². The van der Waals surface area contributed by atoms with Gasteiger partial charge in [-0.25, -0.2) is 9.78 Å². The number of carboxylic acids is 1. The molecule has 0 unspecified atom stereocenters. The lowest BCUT2D eigenvalue weighted by Crippen LogP contribution is -1.88. The van der Waals surface area contributed by atoms with Gasteiger partial charge in [-0.3, -0.25) is 0 Å². The number of carbonyl (C=O) groups is 1. The van der Waals surface area contributed by atoms with Crippen LogP contribution in [0.5, 0.6) is 0 Å². The minimum atomic E-state index is -0.949. The second-order valence-corrected chi connectivity index (χ2v) is 3.06. The fraction of sp³-hybridized carbons (Fsp3) is 0.400. The van der Waals surface area contributed by atoms with Crippen molar-refractivity contribution in [3.05, 3.63) is 23.8 Å². The molecule has 1 heterocycles. The quantitative estimate of drug-likeness (QED) is 0.703. The molecule has 14 heavy (non-hydrogen) atoms. The molecule has 4 heteroatoms. The average molecular weight is 194 g/mol. The molecule has 0 atom stereocenters. The number of aromatic amines is 1. The van der Waals surface area contributed by atoms with E-state index in [0.29, 0.717) is 0 Å². The van der Waals surface area contributed by atoms with E-state index in [1.807, 2.05) is 0 Å². The highest BCUT2D eigenvalue weighted by Crippen LogP contribution is 2.03. The van der Waals surface area contributed by atoms with E-state index in [0.717, 1.165) is 36.9 Å². The topological polar surface area (TPSA) is 66.0 Å². The van der Waals surface area contributed by atoms with Gasteiger partial charge in [0.15, 0.2) is 0 Å². The monoisotopic (exact) mass is 194 g/mol. The molecule has 0 saturated carbocycles. The number of hydrogen-bond donors (Lipinski definition) is 2. The molecule has 0 aliphatic heterocycles. The summed E-state index contributed by atoms with van der Waals surface area (Å²) in [5.74, 6) is -0.0356. The molecule has 1 rings (SSSR count). The van der Waals surface area contributed by atoms with Gasteiger partial charge in [0.05, 0.1) is 11.9 Å². The number of nitrogens with zero attached hydrogens (tertiary/aromatic N) is 1. The van der Waals surface area contributed by atoms with Crippen LogP contribution < -0.4 is 0 Å². The fourth-order valence-electron chi connectivity index (χ4n) is 1.10. The van der Waals surface area contributed by atoms with E-state index in [9.17, 15) is 4.79 Å². The lowest BCUT2D eigenvalue weighted by molar-refractivity contribution is -0.131. The largest absolute Gasteiger partial charge is 0.478 e. The molecule has 0 spiro atoms. The van der Waals surface area contributed by atoms with Crippen molar-refractivity contribution < 1.29 is 9.90 Å². The van der Waals surface area contributed by atoms with Gasteiger partial charge in [-0.15, -0.1) is 0 Å². The highest BCUT2D eigenvalue weighted by molar-refractivity contribution is 5.84. The number of hydrogen-bond acceptors (Lipinski definition) is 2. The van der Waals surface area contributed by atoms with Crippen molar-refractivity contribution in [2.45, 2.75) is 26.2 Å². The molecule has 0 saturated heterocycles. The third-order valence-electron chi connectivity index (χ3n) is 1.82. The molecule has 0 radical (unpaired) electrons. The van der Waals surface area contributed by atoms with E-state index < -0.39 is 5.97 Å². The number of aromatic nitrogens is 2. The van der Waals surface area contributed by atoms with Crippen molar-refractivity contribution >= 4 is 12.0 Å². The van der Waals surface area contributed by atoms with Crippen molar-refractivity contribution in [3.8, 4) is 0 Å². The lowest BCUT2D eigenvalue weighted by Gasteiger charge is -1.91. The summed E-state index contributed by atoms with van der Waals surface area (Å²) >= 11 is 0. The van der Waals surface area contributed by atoms with E-state index in [1.165, 1.54) is 6.08 Å². The summed E-state index contributed by atoms with van der Waals surface area (Å²) in [7, 11) is 0. The number of aliphatic carboxylic acids is 1. The molecular formula is C10H14N2O2. The van der Waals surface area contributed by atoms with Gasteiger partial charge < -0.3 is 10.1 Å². The summed E-state index contributed by atoms with van der Waals surface area (Å²) in [6, 6.07) is 0. The molecule has 2 N–H and O–H groups in total. The van der Waals surface area contributed by atoms with Gasteiger partial charge in [0.1, 0.15) is 5.82 Å². The van der Waals surface area contributed by atoms with Crippen molar-refractivity contribution in [2.75, 3.05) is 0 Å². The minimum Gasteiger partial charge on any atom is -0.478 e. The van der Waals surface area contributed by atoms with E-state index in [4.69, 9.17) is 5.11 Å². The summed E-state index contributed by atoms with van der Waals surface area (Å²) in [6.45, 7) is 2.12. The first-order valence-corrected chi connectivity index (χ1v) is 4.67. The Kier molecular flexibility index (Phi) is 3.91. The molecule has 0 aliphatic carbocycles. The zero-order valence-electron chi connectivity index (χ0n) is 8.16. The first-order chi connectivity index (χ1) is 6.72. The highest BCUT2D eigenvalue weighted by Gasteiger charge is 1.97.